The minimum absolute atomic E-state index is 0.0315. The molecule has 0 aliphatic carbocycles. The van der Waals surface area contributed by atoms with Crippen molar-refractivity contribution in [1.82, 2.24) is 0 Å². The van der Waals surface area contributed by atoms with Gasteiger partial charge in [0.05, 0.1) is 10.5 Å². The highest BCUT2D eigenvalue weighted by molar-refractivity contribution is 5.98. The molecule has 1 amide bonds. The molecule has 0 unspecified atom stereocenters. The molecule has 8 heteroatoms. The van der Waals surface area contributed by atoms with E-state index < -0.39 is 23.4 Å². The fourth-order valence-corrected chi connectivity index (χ4v) is 1.76. The van der Waals surface area contributed by atoms with Gasteiger partial charge in [-0.1, -0.05) is 18.2 Å². The molecule has 2 rings (SSSR count). The van der Waals surface area contributed by atoms with E-state index in [0.29, 0.717) is 5.69 Å². The molecule has 118 valence electrons. The molecule has 23 heavy (non-hydrogen) atoms. The molecule has 0 fully saturated rings. The van der Waals surface area contributed by atoms with Crippen LogP contribution < -0.4 is 11.1 Å². The number of nitrogen functional groups attached to an aromatic ring is 1. The summed E-state index contributed by atoms with van der Waals surface area (Å²) in [7, 11) is 0. The SMILES string of the molecule is Nc1ccc([N+](=O)[O-])cc1C(=O)OCC(=O)Nc1ccccc1. The van der Waals surface area contributed by atoms with Gasteiger partial charge in [-0.15, -0.1) is 0 Å². The van der Waals surface area contributed by atoms with Crippen LogP contribution in [0.15, 0.2) is 48.5 Å². The predicted octanol–water partition coefficient (Wildman–Crippen LogP) is 1.97. The number of nitrogens with zero attached hydrogens (tertiary/aromatic N) is 1. The lowest BCUT2D eigenvalue weighted by Crippen LogP contribution is -2.21. The van der Waals surface area contributed by atoms with Gasteiger partial charge in [0.1, 0.15) is 0 Å². The molecule has 0 saturated heterocycles. The summed E-state index contributed by atoms with van der Waals surface area (Å²) in [6, 6.07) is 12.0. The van der Waals surface area contributed by atoms with E-state index in [2.05, 4.69) is 5.32 Å². The second-order valence-electron chi connectivity index (χ2n) is 4.52. The number of ether oxygens (including phenoxy) is 1. The Morgan fingerprint density at radius 2 is 1.87 bits per heavy atom. The summed E-state index contributed by atoms with van der Waals surface area (Å²) in [6.07, 6.45) is 0. The van der Waals surface area contributed by atoms with E-state index in [1.54, 1.807) is 30.3 Å². The molecule has 0 spiro atoms. The van der Waals surface area contributed by atoms with Crippen molar-refractivity contribution in [3.8, 4) is 0 Å². The van der Waals surface area contributed by atoms with Crippen molar-refractivity contribution in [2.24, 2.45) is 0 Å². The summed E-state index contributed by atoms with van der Waals surface area (Å²) in [4.78, 5) is 33.6. The normalized spacial score (nSPS) is 9.91. The lowest BCUT2D eigenvalue weighted by molar-refractivity contribution is -0.384. The first-order chi connectivity index (χ1) is 11.0. The smallest absolute Gasteiger partial charge is 0.341 e. The van der Waals surface area contributed by atoms with Crippen molar-refractivity contribution in [1.29, 1.82) is 0 Å². The number of benzene rings is 2. The minimum atomic E-state index is -0.908. The van der Waals surface area contributed by atoms with E-state index in [9.17, 15) is 19.7 Å². The van der Waals surface area contributed by atoms with Crippen LogP contribution in [0.25, 0.3) is 0 Å². The van der Waals surface area contributed by atoms with Gasteiger partial charge < -0.3 is 15.8 Å². The molecule has 2 aromatic carbocycles. The zero-order chi connectivity index (χ0) is 16.8. The van der Waals surface area contributed by atoms with Crippen LogP contribution in [0, 0.1) is 10.1 Å². The summed E-state index contributed by atoms with van der Waals surface area (Å²) < 4.78 is 4.82. The highest BCUT2D eigenvalue weighted by Gasteiger charge is 2.17. The van der Waals surface area contributed by atoms with Crippen LogP contribution in [0.1, 0.15) is 10.4 Å². The topological polar surface area (TPSA) is 125 Å². The number of anilines is 2. The molecule has 0 aliphatic rings. The number of nitro groups is 1. The van der Waals surface area contributed by atoms with Gasteiger partial charge in [0.2, 0.25) is 0 Å². The van der Waals surface area contributed by atoms with E-state index in [-0.39, 0.29) is 16.9 Å². The Morgan fingerprint density at radius 3 is 2.52 bits per heavy atom. The minimum Gasteiger partial charge on any atom is -0.452 e. The van der Waals surface area contributed by atoms with Gasteiger partial charge in [-0.05, 0) is 18.2 Å². The van der Waals surface area contributed by atoms with Crippen molar-refractivity contribution in [2.45, 2.75) is 0 Å². The Balaban J connectivity index is 1.98. The molecule has 0 saturated carbocycles. The summed E-state index contributed by atoms with van der Waals surface area (Å²) in [5.41, 5.74) is 5.73. The van der Waals surface area contributed by atoms with E-state index in [1.165, 1.54) is 12.1 Å². The van der Waals surface area contributed by atoms with Crippen LogP contribution in [-0.4, -0.2) is 23.4 Å². The maximum absolute atomic E-state index is 11.9. The molecule has 0 aliphatic heterocycles. The van der Waals surface area contributed by atoms with Gasteiger partial charge in [-0.25, -0.2) is 4.79 Å². The lowest BCUT2D eigenvalue weighted by Gasteiger charge is -2.08. The molecular formula is C15H13N3O5. The van der Waals surface area contributed by atoms with E-state index in [4.69, 9.17) is 10.5 Å². The second-order valence-corrected chi connectivity index (χ2v) is 4.52. The van der Waals surface area contributed by atoms with Gasteiger partial charge in [0.25, 0.3) is 11.6 Å². The lowest BCUT2D eigenvalue weighted by atomic mass is 10.1. The highest BCUT2D eigenvalue weighted by Crippen LogP contribution is 2.20. The fraction of sp³-hybridized carbons (Fsp3) is 0.0667. The average molecular weight is 315 g/mol. The number of nitro benzene ring substituents is 1. The summed E-state index contributed by atoms with van der Waals surface area (Å²) in [5, 5.41) is 13.2. The van der Waals surface area contributed by atoms with Gasteiger partial charge in [-0.3, -0.25) is 14.9 Å². The van der Waals surface area contributed by atoms with Gasteiger partial charge in [0.15, 0.2) is 6.61 Å². The predicted molar refractivity (Wildman–Crippen MR) is 82.9 cm³/mol. The number of rotatable bonds is 5. The summed E-state index contributed by atoms with van der Waals surface area (Å²) in [6.45, 7) is -0.532. The quantitative estimate of drug-likeness (QED) is 0.376. The molecule has 0 heterocycles. The maximum atomic E-state index is 11.9. The molecule has 0 aromatic heterocycles. The van der Waals surface area contributed by atoms with Crippen LogP contribution in [0.4, 0.5) is 17.1 Å². The monoisotopic (exact) mass is 315 g/mol. The molecular weight excluding hydrogens is 302 g/mol. The van der Waals surface area contributed by atoms with Crippen molar-refractivity contribution < 1.29 is 19.2 Å². The van der Waals surface area contributed by atoms with E-state index in [0.717, 1.165) is 6.07 Å². The third kappa shape index (κ3) is 4.27. The Hall–Kier alpha value is -3.42. The Morgan fingerprint density at radius 1 is 1.17 bits per heavy atom. The summed E-state index contributed by atoms with van der Waals surface area (Å²) >= 11 is 0. The van der Waals surface area contributed by atoms with Crippen LogP contribution in [-0.2, 0) is 9.53 Å². The van der Waals surface area contributed by atoms with Gasteiger partial charge >= 0.3 is 5.97 Å². The average Bonchev–Trinajstić information content (AvgIpc) is 2.53. The van der Waals surface area contributed by atoms with Crippen LogP contribution in [0.3, 0.4) is 0 Å². The van der Waals surface area contributed by atoms with Crippen LogP contribution in [0.2, 0.25) is 0 Å². The number of nitrogens with one attached hydrogen (secondary N) is 1. The molecule has 2 aromatic rings. The Labute approximate surface area is 131 Å². The number of carbonyl (C=O) groups is 2. The number of amides is 1. The number of nitrogens with two attached hydrogens (primary N) is 1. The highest BCUT2D eigenvalue weighted by atomic mass is 16.6. The van der Waals surface area contributed by atoms with E-state index >= 15 is 0 Å². The van der Waals surface area contributed by atoms with Crippen LogP contribution in [0.5, 0.6) is 0 Å². The second kappa shape index (κ2) is 7.03. The zero-order valence-electron chi connectivity index (χ0n) is 11.9. The first-order valence-corrected chi connectivity index (χ1v) is 6.53. The number of hydrogen-bond acceptors (Lipinski definition) is 6. The number of carbonyl (C=O) groups excluding carboxylic acids is 2. The van der Waals surface area contributed by atoms with E-state index in [1.807, 2.05) is 0 Å². The number of para-hydroxylation sites is 1. The van der Waals surface area contributed by atoms with Gasteiger partial charge in [-0.2, -0.15) is 0 Å². The van der Waals surface area contributed by atoms with Gasteiger partial charge in [0, 0.05) is 23.5 Å². The molecule has 8 nitrogen and oxygen atoms in total. The molecule has 3 N–H and O–H groups in total. The number of hydrogen-bond donors (Lipinski definition) is 2. The zero-order valence-corrected chi connectivity index (χ0v) is 11.9. The maximum Gasteiger partial charge on any atom is 0.341 e. The first kappa shape index (κ1) is 16.0. The standard InChI is InChI=1S/C15H13N3O5/c16-13-7-6-11(18(21)22)8-12(13)15(20)23-9-14(19)17-10-4-2-1-3-5-10/h1-8H,9,16H2,(H,17,19). The molecule has 0 radical (unpaired) electrons. The third-order valence-corrected chi connectivity index (χ3v) is 2.86. The molecule has 0 atom stereocenters. The first-order valence-electron chi connectivity index (χ1n) is 6.53. The Kier molecular flexibility index (Phi) is 4.88. The number of esters is 1. The van der Waals surface area contributed by atoms with Crippen molar-refractivity contribution >= 4 is 28.9 Å². The number of non-ortho nitro benzene ring substituents is 1. The fourth-order valence-electron chi connectivity index (χ4n) is 1.76. The Bertz CT molecular complexity index is 746. The molecule has 0 bridgehead atoms. The van der Waals surface area contributed by atoms with Crippen molar-refractivity contribution in [2.75, 3.05) is 17.7 Å². The van der Waals surface area contributed by atoms with Crippen molar-refractivity contribution in [3.05, 3.63) is 64.2 Å². The van der Waals surface area contributed by atoms with Crippen LogP contribution >= 0.6 is 0 Å². The largest absolute Gasteiger partial charge is 0.452 e. The summed E-state index contributed by atoms with van der Waals surface area (Å²) in [5.74, 6) is -1.44. The third-order valence-electron chi connectivity index (χ3n) is 2.86. The van der Waals surface area contributed by atoms with Crippen molar-refractivity contribution in [3.63, 3.8) is 0 Å².